The molecule has 0 amide bonds. The lowest BCUT2D eigenvalue weighted by Crippen LogP contribution is -2.14. The van der Waals surface area contributed by atoms with Crippen molar-refractivity contribution in [2.24, 2.45) is 0 Å². The van der Waals surface area contributed by atoms with Crippen LogP contribution in [0.15, 0.2) is 40.8 Å². The summed E-state index contributed by atoms with van der Waals surface area (Å²) in [4.78, 5) is 11.2. The first kappa shape index (κ1) is 17.1. The zero-order valence-corrected chi connectivity index (χ0v) is 13.5. The second-order valence-electron chi connectivity index (χ2n) is 5.06. The van der Waals surface area contributed by atoms with Crippen molar-refractivity contribution >= 4 is 28.6 Å². The van der Waals surface area contributed by atoms with Crippen LogP contribution < -0.4 is 4.74 Å². The van der Waals surface area contributed by atoms with Crippen molar-refractivity contribution in [3.05, 3.63) is 47.0 Å². The summed E-state index contributed by atoms with van der Waals surface area (Å²) in [6, 6.07) is 10.1. The molecule has 2 heterocycles. The normalized spacial score (nSPS) is 11.8. The first-order valence-corrected chi connectivity index (χ1v) is 7.37. The van der Waals surface area contributed by atoms with Gasteiger partial charge in [-0.1, -0.05) is 17.7 Å². The summed E-state index contributed by atoms with van der Waals surface area (Å²) in [7, 11) is 0. The highest BCUT2D eigenvalue weighted by Gasteiger charge is 2.13. The van der Waals surface area contributed by atoms with E-state index in [2.05, 4.69) is 0 Å². The molecule has 1 unspecified atom stereocenters. The van der Waals surface area contributed by atoms with Crippen molar-refractivity contribution in [2.75, 3.05) is 6.61 Å². The zero-order chi connectivity index (χ0) is 17.0. The van der Waals surface area contributed by atoms with Crippen LogP contribution in [0.25, 0.3) is 11.2 Å². The van der Waals surface area contributed by atoms with E-state index < -0.39 is 6.10 Å². The Balaban J connectivity index is 0.000000198. The van der Waals surface area contributed by atoms with E-state index >= 15 is 0 Å². The number of aromatic hydroxyl groups is 1. The zero-order valence-electron chi connectivity index (χ0n) is 12.7. The quantitative estimate of drug-likeness (QED) is 0.707. The lowest BCUT2D eigenvalue weighted by molar-refractivity contribution is 0.0992. The molecule has 122 valence electrons. The molecule has 2 bridgehead atoms. The van der Waals surface area contributed by atoms with E-state index in [0.29, 0.717) is 10.8 Å². The van der Waals surface area contributed by atoms with E-state index in [1.54, 1.807) is 25.1 Å². The third-order valence-corrected chi connectivity index (χ3v) is 3.26. The fourth-order valence-electron chi connectivity index (χ4n) is 1.96. The van der Waals surface area contributed by atoms with Gasteiger partial charge in [-0.25, -0.2) is 0 Å². The molecule has 0 spiro atoms. The first-order chi connectivity index (χ1) is 10.9. The summed E-state index contributed by atoms with van der Waals surface area (Å²) in [6.07, 6.45) is -0.618. The van der Waals surface area contributed by atoms with Crippen LogP contribution in [-0.4, -0.2) is 28.7 Å². The third kappa shape index (κ3) is 4.37. The largest absolute Gasteiger partial charge is 0.507 e. The van der Waals surface area contributed by atoms with E-state index in [9.17, 15) is 9.90 Å². The van der Waals surface area contributed by atoms with E-state index in [-0.39, 0.29) is 23.7 Å². The van der Waals surface area contributed by atoms with Crippen molar-refractivity contribution in [3.8, 4) is 11.5 Å². The SMILES string of the molecule is CC(=O)c1c(O)cccc1OCC(C)O.Clc1cc2ccc1o2. The summed E-state index contributed by atoms with van der Waals surface area (Å²) >= 11 is 5.64. The Labute approximate surface area is 138 Å². The lowest BCUT2D eigenvalue weighted by Gasteiger charge is -2.11. The average molecular weight is 337 g/mol. The van der Waals surface area contributed by atoms with Crippen LogP contribution in [0.1, 0.15) is 24.2 Å². The van der Waals surface area contributed by atoms with E-state index in [1.165, 1.54) is 13.0 Å². The molecule has 1 aromatic carbocycles. The maximum absolute atomic E-state index is 11.2. The third-order valence-electron chi connectivity index (χ3n) is 2.97. The van der Waals surface area contributed by atoms with Gasteiger partial charge in [0.1, 0.15) is 34.8 Å². The van der Waals surface area contributed by atoms with Crippen molar-refractivity contribution in [2.45, 2.75) is 20.0 Å². The predicted molar refractivity (Wildman–Crippen MR) is 87.7 cm³/mol. The molecule has 0 aliphatic heterocycles. The molecule has 1 atom stereocenters. The number of hydrogen-bond acceptors (Lipinski definition) is 5. The van der Waals surface area contributed by atoms with Gasteiger partial charge in [0.2, 0.25) is 0 Å². The number of phenolic OH excluding ortho intramolecular Hbond substituents is 1. The monoisotopic (exact) mass is 336 g/mol. The van der Waals surface area contributed by atoms with Gasteiger partial charge in [-0.05, 0) is 38.1 Å². The summed E-state index contributed by atoms with van der Waals surface area (Å²) in [6.45, 7) is 3.02. The minimum atomic E-state index is -0.618. The molecule has 2 N–H and O–H groups in total. The van der Waals surface area contributed by atoms with E-state index in [4.69, 9.17) is 25.9 Å². The first-order valence-electron chi connectivity index (χ1n) is 6.99. The molecular formula is C17H17ClO5. The number of carbonyl (C=O) groups excluding carboxylic acids is 1. The Morgan fingerprint density at radius 2 is 2.09 bits per heavy atom. The van der Waals surface area contributed by atoms with Gasteiger partial charge in [-0.2, -0.15) is 0 Å². The minimum Gasteiger partial charge on any atom is -0.507 e. The summed E-state index contributed by atoms with van der Waals surface area (Å²) in [5, 5.41) is 19.2. The van der Waals surface area contributed by atoms with Gasteiger partial charge in [-0.3, -0.25) is 4.79 Å². The summed E-state index contributed by atoms with van der Waals surface area (Å²) in [5.74, 6) is -0.0808. The predicted octanol–water partition coefficient (Wildman–Crippen LogP) is 3.88. The molecule has 6 heteroatoms. The number of halogens is 1. The van der Waals surface area contributed by atoms with Crippen molar-refractivity contribution < 1.29 is 24.2 Å². The second-order valence-corrected chi connectivity index (χ2v) is 5.47. The van der Waals surface area contributed by atoms with Gasteiger partial charge in [0, 0.05) is 6.07 Å². The average Bonchev–Trinajstić information content (AvgIpc) is 3.07. The number of carbonyl (C=O) groups is 1. The van der Waals surface area contributed by atoms with Gasteiger partial charge in [0.15, 0.2) is 5.78 Å². The fraction of sp³-hybridized carbons (Fsp3) is 0.235. The highest BCUT2D eigenvalue weighted by molar-refractivity contribution is 6.34. The number of aliphatic hydroxyl groups excluding tert-OH is 1. The molecule has 0 aliphatic rings. The number of ketones is 1. The fourth-order valence-corrected chi connectivity index (χ4v) is 2.17. The van der Waals surface area contributed by atoms with Gasteiger partial charge >= 0.3 is 0 Å². The lowest BCUT2D eigenvalue weighted by atomic mass is 10.1. The van der Waals surface area contributed by atoms with Crippen molar-refractivity contribution in [1.29, 1.82) is 0 Å². The van der Waals surface area contributed by atoms with E-state index in [1.807, 2.05) is 12.1 Å². The number of fused-ring (bicyclic) bond motifs is 2. The molecule has 3 rings (SSSR count). The summed E-state index contributed by atoms with van der Waals surface area (Å²) in [5.41, 5.74) is 1.78. The number of hydrogen-bond donors (Lipinski definition) is 2. The Morgan fingerprint density at radius 1 is 1.35 bits per heavy atom. The molecule has 3 aromatic rings. The Kier molecular flexibility index (Phi) is 5.47. The van der Waals surface area contributed by atoms with Gasteiger partial charge < -0.3 is 19.4 Å². The Hall–Kier alpha value is -2.24. The topological polar surface area (TPSA) is 79.9 Å². The Bertz CT molecular complexity index is 778. The van der Waals surface area contributed by atoms with Crippen LogP contribution >= 0.6 is 11.6 Å². The number of aliphatic hydroxyl groups is 1. The smallest absolute Gasteiger partial charge is 0.167 e. The Morgan fingerprint density at radius 3 is 2.52 bits per heavy atom. The van der Waals surface area contributed by atoms with Crippen LogP contribution in [0.4, 0.5) is 0 Å². The number of furan rings is 2. The highest BCUT2D eigenvalue weighted by atomic mass is 35.5. The molecule has 0 saturated heterocycles. The van der Waals surface area contributed by atoms with Crippen LogP contribution in [0, 0.1) is 0 Å². The van der Waals surface area contributed by atoms with Gasteiger partial charge in [-0.15, -0.1) is 0 Å². The molecule has 0 radical (unpaired) electrons. The summed E-state index contributed by atoms with van der Waals surface area (Å²) < 4.78 is 10.3. The maximum atomic E-state index is 11.2. The minimum absolute atomic E-state index is 0.0870. The highest BCUT2D eigenvalue weighted by Crippen LogP contribution is 2.28. The molecule has 0 aliphatic carbocycles. The number of rotatable bonds is 4. The van der Waals surface area contributed by atoms with Crippen LogP contribution in [-0.2, 0) is 0 Å². The van der Waals surface area contributed by atoms with Crippen molar-refractivity contribution in [1.82, 2.24) is 0 Å². The standard InChI is InChI=1S/C11H14O4.C6H3ClO/c1-7(12)6-15-10-5-3-4-9(14)11(10)8(2)13;7-5-3-4-1-2-6(5)8-4/h3-5,7,12,14H,6H2,1-2H3;1-3H. The van der Waals surface area contributed by atoms with Crippen LogP contribution in [0.5, 0.6) is 11.5 Å². The number of ether oxygens (including phenoxy) is 1. The molecule has 2 aromatic heterocycles. The number of phenols is 1. The molecule has 23 heavy (non-hydrogen) atoms. The van der Waals surface area contributed by atoms with Gasteiger partial charge in [0.05, 0.1) is 11.1 Å². The second kappa shape index (κ2) is 7.35. The van der Waals surface area contributed by atoms with E-state index in [0.717, 1.165) is 11.2 Å². The molecule has 5 nitrogen and oxygen atoms in total. The van der Waals surface area contributed by atoms with Crippen LogP contribution in [0.3, 0.4) is 0 Å². The maximum Gasteiger partial charge on any atom is 0.167 e. The van der Waals surface area contributed by atoms with Gasteiger partial charge in [0.25, 0.3) is 0 Å². The number of benzene rings is 2. The molecule has 0 saturated carbocycles. The molecule has 0 fully saturated rings. The molecular weight excluding hydrogens is 320 g/mol. The van der Waals surface area contributed by atoms with Crippen LogP contribution in [0.2, 0.25) is 5.02 Å². The van der Waals surface area contributed by atoms with Crippen molar-refractivity contribution in [3.63, 3.8) is 0 Å². The number of Topliss-reactive ketones (excluding diaryl/α,β-unsaturated/α-hetero) is 1.